The first-order chi connectivity index (χ1) is 14.7. The maximum Gasteiger partial charge on any atom is 0.417 e. The normalized spacial score (nSPS) is 24.0. The molecule has 2 fully saturated rings. The Hall–Kier alpha value is -2.69. The second-order valence-electron chi connectivity index (χ2n) is 7.26. The third-order valence-corrected chi connectivity index (χ3v) is 5.62. The monoisotopic (exact) mass is 454 g/mol. The quantitative estimate of drug-likeness (QED) is 0.700. The number of aromatic nitrogens is 1. The summed E-state index contributed by atoms with van der Waals surface area (Å²) < 4.78 is 38.2. The lowest BCUT2D eigenvalue weighted by Gasteiger charge is -2.24. The van der Waals surface area contributed by atoms with Crippen LogP contribution in [0.2, 0.25) is 5.02 Å². The number of nitrogens with zero attached hydrogens (tertiary/aromatic N) is 3. The summed E-state index contributed by atoms with van der Waals surface area (Å²) in [6, 6.07) is 9.66. The minimum atomic E-state index is -4.55. The van der Waals surface area contributed by atoms with Gasteiger partial charge in [-0.15, -0.1) is 0 Å². The molecule has 7 nitrogen and oxygen atoms in total. The molecule has 31 heavy (non-hydrogen) atoms. The van der Waals surface area contributed by atoms with Crippen LogP contribution in [0.1, 0.15) is 17.2 Å². The Balaban J connectivity index is 1.43. The molecule has 2 amide bonds. The van der Waals surface area contributed by atoms with E-state index in [4.69, 9.17) is 16.4 Å². The van der Waals surface area contributed by atoms with Crippen molar-refractivity contribution in [2.75, 3.05) is 25.5 Å². The van der Waals surface area contributed by atoms with Gasteiger partial charge in [-0.2, -0.15) is 18.2 Å². The van der Waals surface area contributed by atoms with Crippen LogP contribution in [0.4, 0.5) is 19.0 Å². The number of imide groups is 1. The van der Waals surface area contributed by atoms with Gasteiger partial charge in [0.15, 0.2) is 6.10 Å². The molecule has 3 atom stereocenters. The number of alkyl halides is 3. The van der Waals surface area contributed by atoms with Crippen molar-refractivity contribution < 1.29 is 27.6 Å². The van der Waals surface area contributed by atoms with Gasteiger partial charge in [0.2, 0.25) is 5.91 Å². The largest absolute Gasteiger partial charge is 0.417 e. The number of hydroxylamine groups is 2. The number of fused-ring (bicyclic) bond motifs is 1. The van der Waals surface area contributed by atoms with Crippen LogP contribution >= 0.6 is 11.6 Å². The van der Waals surface area contributed by atoms with Crippen LogP contribution in [0, 0.1) is 5.92 Å². The van der Waals surface area contributed by atoms with Crippen molar-refractivity contribution in [3.63, 3.8) is 0 Å². The van der Waals surface area contributed by atoms with Crippen molar-refractivity contribution in [2.24, 2.45) is 5.92 Å². The average molecular weight is 455 g/mol. The van der Waals surface area contributed by atoms with Gasteiger partial charge in [-0.25, -0.2) is 4.98 Å². The highest BCUT2D eigenvalue weighted by atomic mass is 35.5. The molecular formula is C20H18ClF3N4O3. The number of hydrogen-bond acceptors (Lipinski definition) is 6. The van der Waals surface area contributed by atoms with Crippen molar-refractivity contribution in [1.82, 2.24) is 14.9 Å². The smallest absolute Gasteiger partial charge is 0.367 e. The van der Waals surface area contributed by atoms with Gasteiger partial charge in [0, 0.05) is 26.3 Å². The van der Waals surface area contributed by atoms with Gasteiger partial charge in [-0.3, -0.25) is 19.3 Å². The highest BCUT2D eigenvalue weighted by Crippen LogP contribution is 2.43. The lowest BCUT2D eigenvalue weighted by molar-refractivity contribution is -0.169. The maximum atomic E-state index is 13.0. The van der Waals surface area contributed by atoms with E-state index in [2.05, 4.69) is 10.3 Å². The van der Waals surface area contributed by atoms with Crippen molar-refractivity contribution >= 4 is 29.2 Å². The zero-order chi connectivity index (χ0) is 22.3. The number of nitrogens with one attached hydrogen (secondary N) is 1. The molecule has 1 N–H and O–H groups in total. The summed E-state index contributed by atoms with van der Waals surface area (Å²) in [5.41, 5.74) is -0.103. The SMILES string of the molecule is CN1O[C@@H]2C(=O)N(CCNc3ncc(C(F)(F)F)cc3Cl)C(=O)[C@H]2[C@@H]1c1ccccc1. The fraction of sp³-hybridized carbons (Fsp3) is 0.350. The zero-order valence-electron chi connectivity index (χ0n) is 16.3. The van der Waals surface area contributed by atoms with Gasteiger partial charge in [0.05, 0.1) is 22.5 Å². The second kappa shape index (κ2) is 8.10. The van der Waals surface area contributed by atoms with Gasteiger partial charge in [-0.1, -0.05) is 41.9 Å². The number of rotatable bonds is 5. The summed E-state index contributed by atoms with van der Waals surface area (Å²) in [7, 11) is 1.68. The molecular weight excluding hydrogens is 437 g/mol. The highest BCUT2D eigenvalue weighted by molar-refractivity contribution is 6.33. The molecule has 164 valence electrons. The van der Waals surface area contributed by atoms with Crippen molar-refractivity contribution in [1.29, 1.82) is 0 Å². The molecule has 0 spiro atoms. The summed E-state index contributed by atoms with van der Waals surface area (Å²) in [6.07, 6.45) is -4.79. The standard InChI is InChI=1S/C20H18ClF3N4O3/c1-27-15(11-5-3-2-4-6-11)14-16(31-27)19(30)28(18(14)29)8-7-25-17-13(21)9-12(10-26-17)20(22,23)24/h2-6,9-10,14-16H,7-8H2,1H3,(H,25,26)/t14-,15-,16-/m0/s1. The molecule has 2 aliphatic rings. The van der Waals surface area contributed by atoms with E-state index in [-0.39, 0.29) is 29.8 Å². The van der Waals surface area contributed by atoms with Crippen LogP contribution in [0.3, 0.4) is 0 Å². The van der Waals surface area contributed by atoms with Crippen LogP contribution < -0.4 is 5.32 Å². The minimum Gasteiger partial charge on any atom is -0.367 e. The summed E-state index contributed by atoms with van der Waals surface area (Å²) in [5.74, 6) is -1.45. The Morgan fingerprint density at radius 3 is 2.55 bits per heavy atom. The molecule has 1 aromatic heterocycles. The highest BCUT2D eigenvalue weighted by Gasteiger charge is 2.58. The van der Waals surface area contributed by atoms with Gasteiger partial charge in [0.25, 0.3) is 5.91 Å². The number of anilines is 1. The third kappa shape index (κ3) is 3.98. The number of likely N-dealkylation sites (tertiary alicyclic amines) is 1. The molecule has 1 aromatic carbocycles. The van der Waals surface area contributed by atoms with E-state index in [1.54, 1.807) is 7.05 Å². The van der Waals surface area contributed by atoms with E-state index in [1.807, 2.05) is 30.3 Å². The Morgan fingerprint density at radius 2 is 1.90 bits per heavy atom. The third-order valence-electron chi connectivity index (χ3n) is 5.34. The second-order valence-corrected chi connectivity index (χ2v) is 7.67. The molecule has 11 heteroatoms. The number of halogens is 4. The molecule has 4 rings (SSSR count). The number of benzene rings is 1. The van der Waals surface area contributed by atoms with E-state index in [0.29, 0.717) is 6.20 Å². The fourth-order valence-electron chi connectivity index (χ4n) is 3.90. The number of carbonyl (C=O) groups excluding carboxylic acids is 2. The van der Waals surface area contributed by atoms with E-state index in [1.165, 1.54) is 5.06 Å². The molecule has 0 radical (unpaired) electrons. The van der Waals surface area contributed by atoms with Gasteiger partial charge >= 0.3 is 6.18 Å². The molecule has 0 unspecified atom stereocenters. The zero-order valence-corrected chi connectivity index (χ0v) is 17.0. The minimum absolute atomic E-state index is 0.00170. The molecule has 0 saturated carbocycles. The summed E-state index contributed by atoms with van der Waals surface area (Å²) >= 11 is 5.87. The lowest BCUT2D eigenvalue weighted by Crippen LogP contribution is -2.39. The van der Waals surface area contributed by atoms with Crippen LogP contribution in [-0.4, -0.2) is 53.0 Å². The molecule has 2 aromatic rings. The summed E-state index contributed by atoms with van der Waals surface area (Å²) in [5, 5.41) is 4.09. The molecule has 2 aliphatic heterocycles. The van der Waals surface area contributed by atoms with Crippen LogP contribution in [0.5, 0.6) is 0 Å². The van der Waals surface area contributed by atoms with E-state index < -0.39 is 35.7 Å². The van der Waals surface area contributed by atoms with E-state index >= 15 is 0 Å². The summed E-state index contributed by atoms with van der Waals surface area (Å²) in [4.78, 5) is 36.2. The predicted molar refractivity (Wildman–Crippen MR) is 105 cm³/mol. The molecule has 3 heterocycles. The van der Waals surface area contributed by atoms with Crippen LogP contribution in [-0.2, 0) is 20.6 Å². The Labute approximate surface area is 180 Å². The number of carbonyl (C=O) groups is 2. The Bertz CT molecular complexity index is 1000. The maximum absolute atomic E-state index is 13.0. The summed E-state index contributed by atoms with van der Waals surface area (Å²) in [6.45, 7) is 0.0686. The average Bonchev–Trinajstić information content (AvgIpc) is 3.18. The number of hydrogen-bond donors (Lipinski definition) is 1. The Morgan fingerprint density at radius 1 is 1.19 bits per heavy atom. The number of pyridine rings is 1. The lowest BCUT2D eigenvalue weighted by atomic mass is 9.91. The van der Waals surface area contributed by atoms with Gasteiger partial charge in [0.1, 0.15) is 5.82 Å². The number of amides is 2. The molecule has 0 bridgehead atoms. The predicted octanol–water partition coefficient (Wildman–Crippen LogP) is 3.14. The first-order valence-corrected chi connectivity index (χ1v) is 9.82. The van der Waals surface area contributed by atoms with E-state index in [9.17, 15) is 22.8 Å². The van der Waals surface area contributed by atoms with Crippen molar-refractivity contribution in [3.8, 4) is 0 Å². The van der Waals surface area contributed by atoms with Crippen LogP contribution in [0.25, 0.3) is 0 Å². The first-order valence-electron chi connectivity index (χ1n) is 9.45. The van der Waals surface area contributed by atoms with Crippen LogP contribution in [0.15, 0.2) is 42.6 Å². The van der Waals surface area contributed by atoms with Gasteiger partial charge in [-0.05, 0) is 11.6 Å². The topological polar surface area (TPSA) is 74.8 Å². The fourth-order valence-corrected chi connectivity index (χ4v) is 4.14. The van der Waals surface area contributed by atoms with Crippen molar-refractivity contribution in [2.45, 2.75) is 18.3 Å². The van der Waals surface area contributed by atoms with Gasteiger partial charge < -0.3 is 5.32 Å². The van der Waals surface area contributed by atoms with Crippen molar-refractivity contribution in [3.05, 3.63) is 58.7 Å². The molecule has 2 saturated heterocycles. The molecule has 0 aliphatic carbocycles. The first kappa shape index (κ1) is 21.5. The Kier molecular flexibility index (Phi) is 5.63. The van der Waals surface area contributed by atoms with E-state index in [0.717, 1.165) is 16.5 Å².